The predicted molar refractivity (Wildman–Crippen MR) is 132 cm³/mol. The van der Waals surface area contributed by atoms with Crippen LogP contribution in [0.15, 0.2) is 88.5 Å². The summed E-state index contributed by atoms with van der Waals surface area (Å²) in [4.78, 5) is 27.0. The van der Waals surface area contributed by atoms with E-state index in [1.807, 2.05) is 60.7 Å². The Morgan fingerprint density at radius 3 is 2.12 bits per heavy atom. The van der Waals surface area contributed by atoms with Crippen molar-refractivity contribution in [3.8, 4) is 11.5 Å². The standard InChI is InChI=1S/C29H19NO3/c1-29(2)20-11-4-6-13-24(20)33-25-15-23-19(14-21(25)29)28(32)18-10-7-9-17-26(18)30(23)22-12-5-3-8-16(22)27(17)31/h3-15H,1-2H3. The van der Waals surface area contributed by atoms with Gasteiger partial charge in [-0.2, -0.15) is 0 Å². The molecule has 4 aromatic carbocycles. The minimum atomic E-state index is -0.322. The zero-order valence-corrected chi connectivity index (χ0v) is 18.2. The van der Waals surface area contributed by atoms with Gasteiger partial charge in [0.1, 0.15) is 11.5 Å². The van der Waals surface area contributed by atoms with E-state index >= 15 is 0 Å². The summed E-state index contributed by atoms with van der Waals surface area (Å²) in [5.41, 5.74) is 3.82. The van der Waals surface area contributed by atoms with Gasteiger partial charge in [-0.1, -0.05) is 50.2 Å². The quantitative estimate of drug-likeness (QED) is 0.220. The van der Waals surface area contributed by atoms with Gasteiger partial charge in [0.15, 0.2) is 10.9 Å². The monoisotopic (exact) mass is 429 g/mol. The van der Waals surface area contributed by atoms with Gasteiger partial charge in [-0.3, -0.25) is 9.59 Å². The summed E-state index contributed by atoms with van der Waals surface area (Å²) in [5.74, 6) is 1.56. The molecule has 0 unspecified atom stereocenters. The van der Waals surface area contributed by atoms with Crippen LogP contribution in [0.2, 0.25) is 0 Å². The molecule has 4 heteroatoms. The van der Waals surface area contributed by atoms with E-state index in [9.17, 15) is 9.59 Å². The molecule has 33 heavy (non-hydrogen) atoms. The van der Waals surface area contributed by atoms with E-state index in [0.29, 0.717) is 27.1 Å². The second-order valence-electron chi connectivity index (χ2n) is 9.30. The highest BCUT2D eigenvalue weighted by Gasteiger charge is 2.35. The summed E-state index contributed by atoms with van der Waals surface area (Å²) in [5, 5.41) is 2.36. The molecule has 0 bridgehead atoms. The Morgan fingerprint density at radius 2 is 1.30 bits per heavy atom. The molecule has 0 amide bonds. The maximum atomic E-state index is 13.7. The first-order valence-corrected chi connectivity index (χ1v) is 11.0. The first-order valence-electron chi connectivity index (χ1n) is 11.0. The Kier molecular flexibility index (Phi) is 3.34. The zero-order chi connectivity index (χ0) is 22.5. The minimum absolute atomic E-state index is 0.0563. The molecule has 3 heterocycles. The van der Waals surface area contributed by atoms with E-state index in [1.165, 1.54) is 0 Å². The van der Waals surface area contributed by atoms with Crippen molar-refractivity contribution in [3.05, 3.63) is 110 Å². The number of benzene rings is 4. The van der Waals surface area contributed by atoms with Crippen LogP contribution < -0.4 is 15.6 Å². The van der Waals surface area contributed by atoms with Crippen LogP contribution in [0.5, 0.6) is 11.5 Å². The third kappa shape index (κ3) is 2.20. The zero-order valence-electron chi connectivity index (χ0n) is 18.2. The van der Waals surface area contributed by atoms with E-state index in [1.54, 1.807) is 12.1 Å². The molecule has 0 saturated carbocycles. The number of aromatic nitrogens is 1. The Morgan fingerprint density at radius 1 is 0.636 bits per heavy atom. The lowest BCUT2D eigenvalue weighted by Crippen LogP contribution is -2.25. The van der Waals surface area contributed by atoms with Crippen LogP contribution in [0.4, 0.5) is 0 Å². The number of nitrogens with zero attached hydrogens (tertiary/aromatic N) is 1. The molecule has 0 radical (unpaired) electrons. The average Bonchev–Trinajstić information content (AvgIpc) is 2.83. The van der Waals surface area contributed by atoms with Crippen molar-refractivity contribution < 1.29 is 4.74 Å². The van der Waals surface area contributed by atoms with Crippen LogP contribution in [0.3, 0.4) is 0 Å². The van der Waals surface area contributed by atoms with Gasteiger partial charge < -0.3 is 9.14 Å². The molecule has 2 aromatic heterocycles. The summed E-state index contributed by atoms with van der Waals surface area (Å²) >= 11 is 0. The lowest BCUT2D eigenvalue weighted by atomic mass is 9.75. The first-order chi connectivity index (χ1) is 16.0. The summed E-state index contributed by atoms with van der Waals surface area (Å²) in [6.45, 7) is 4.32. The van der Waals surface area contributed by atoms with E-state index in [0.717, 1.165) is 33.7 Å². The third-order valence-corrected chi connectivity index (χ3v) is 7.18. The van der Waals surface area contributed by atoms with Crippen molar-refractivity contribution in [1.82, 2.24) is 4.40 Å². The van der Waals surface area contributed by atoms with Crippen molar-refractivity contribution in [1.29, 1.82) is 0 Å². The maximum Gasteiger partial charge on any atom is 0.197 e. The SMILES string of the molecule is CC1(C)c2ccccc2Oc2cc3c(cc21)c(=O)c1cccc2c(=O)c4ccccc4n3c21. The van der Waals surface area contributed by atoms with Gasteiger partial charge in [0.25, 0.3) is 0 Å². The highest BCUT2D eigenvalue weighted by Crippen LogP contribution is 2.48. The normalized spacial score (nSPS) is 14.5. The molecule has 6 aromatic rings. The highest BCUT2D eigenvalue weighted by molar-refractivity contribution is 6.08. The maximum absolute atomic E-state index is 13.7. The summed E-state index contributed by atoms with van der Waals surface area (Å²) in [7, 11) is 0. The molecule has 7 rings (SSSR count). The van der Waals surface area contributed by atoms with Gasteiger partial charge in [-0.15, -0.1) is 0 Å². The fourth-order valence-corrected chi connectivity index (χ4v) is 5.52. The lowest BCUT2D eigenvalue weighted by Gasteiger charge is -2.34. The molecule has 0 aliphatic carbocycles. The molecule has 4 nitrogen and oxygen atoms in total. The largest absolute Gasteiger partial charge is 0.457 e. The lowest BCUT2D eigenvalue weighted by molar-refractivity contribution is 0.419. The van der Waals surface area contributed by atoms with Crippen LogP contribution in [0.25, 0.3) is 38.1 Å². The average molecular weight is 429 g/mol. The number of rotatable bonds is 0. The van der Waals surface area contributed by atoms with Gasteiger partial charge in [-0.25, -0.2) is 0 Å². The molecule has 158 valence electrons. The number of para-hydroxylation sites is 3. The van der Waals surface area contributed by atoms with E-state index in [4.69, 9.17) is 4.74 Å². The second kappa shape index (κ2) is 5.99. The summed E-state index contributed by atoms with van der Waals surface area (Å²) < 4.78 is 8.40. The van der Waals surface area contributed by atoms with E-state index in [-0.39, 0.29) is 16.3 Å². The Hall–Kier alpha value is -4.18. The molecule has 0 atom stereocenters. The number of fused-ring (bicyclic) bond motifs is 6. The Balaban J connectivity index is 1.75. The second-order valence-corrected chi connectivity index (χ2v) is 9.30. The van der Waals surface area contributed by atoms with E-state index < -0.39 is 0 Å². The van der Waals surface area contributed by atoms with Crippen LogP contribution in [0, 0.1) is 0 Å². The van der Waals surface area contributed by atoms with Gasteiger partial charge in [0.05, 0.1) is 16.6 Å². The third-order valence-electron chi connectivity index (χ3n) is 7.18. The first kappa shape index (κ1) is 18.4. The van der Waals surface area contributed by atoms with E-state index in [2.05, 4.69) is 24.3 Å². The molecular weight excluding hydrogens is 410 g/mol. The smallest absolute Gasteiger partial charge is 0.197 e. The Labute approximate surface area is 188 Å². The molecule has 0 saturated heterocycles. The molecule has 0 spiro atoms. The summed E-state index contributed by atoms with van der Waals surface area (Å²) in [6, 6.07) is 25.0. The minimum Gasteiger partial charge on any atom is -0.457 e. The van der Waals surface area contributed by atoms with Crippen LogP contribution >= 0.6 is 0 Å². The number of hydrogen-bond donors (Lipinski definition) is 0. The molecule has 0 fully saturated rings. The van der Waals surface area contributed by atoms with Crippen LogP contribution in [-0.2, 0) is 5.41 Å². The van der Waals surface area contributed by atoms with Crippen molar-refractivity contribution in [2.45, 2.75) is 19.3 Å². The topological polar surface area (TPSA) is 47.8 Å². The number of ether oxygens (including phenoxy) is 1. The van der Waals surface area contributed by atoms with Crippen LogP contribution in [0.1, 0.15) is 25.0 Å². The molecular formula is C29H19NO3. The van der Waals surface area contributed by atoms with Gasteiger partial charge in [0, 0.05) is 44.2 Å². The predicted octanol–water partition coefficient (Wildman–Crippen LogP) is 5.99. The number of pyridine rings is 2. The fraction of sp³-hybridized carbons (Fsp3) is 0.103. The van der Waals surface area contributed by atoms with Crippen molar-refractivity contribution in [2.24, 2.45) is 0 Å². The molecule has 0 N–H and O–H groups in total. The Bertz CT molecular complexity index is 1910. The van der Waals surface area contributed by atoms with Gasteiger partial charge in [0.2, 0.25) is 0 Å². The van der Waals surface area contributed by atoms with Crippen LogP contribution in [-0.4, -0.2) is 4.40 Å². The highest BCUT2D eigenvalue weighted by atomic mass is 16.5. The molecule has 1 aliphatic heterocycles. The summed E-state index contributed by atoms with van der Waals surface area (Å²) in [6.07, 6.45) is 0. The van der Waals surface area contributed by atoms with Gasteiger partial charge >= 0.3 is 0 Å². The number of hydrogen-bond acceptors (Lipinski definition) is 3. The molecule has 1 aliphatic rings. The van der Waals surface area contributed by atoms with Crippen molar-refractivity contribution in [2.75, 3.05) is 0 Å². The van der Waals surface area contributed by atoms with Crippen molar-refractivity contribution >= 4 is 38.1 Å². The van der Waals surface area contributed by atoms with Gasteiger partial charge in [-0.05, 0) is 36.4 Å². The fourth-order valence-electron chi connectivity index (χ4n) is 5.52. The van der Waals surface area contributed by atoms with Crippen molar-refractivity contribution in [3.63, 3.8) is 0 Å².